The van der Waals surface area contributed by atoms with E-state index in [0.29, 0.717) is 29.4 Å². The number of nitrogens with one attached hydrogen (secondary N) is 1. The van der Waals surface area contributed by atoms with Crippen LogP contribution in [0, 0.1) is 5.41 Å². The first-order valence-corrected chi connectivity index (χ1v) is 6.80. The molecule has 4 N–H and O–H groups in total. The number of carboxylic acid groups (broad SMARTS) is 1. The third-order valence-electron chi connectivity index (χ3n) is 3.63. The molecule has 0 unspecified atom stereocenters. The lowest BCUT2D eigenvalue weighted by Crippen LogP contribution is -2.43. The Kier molecular flexibility index (Phi) is 3.80. The number of amides is 1. The van der Waals surface area contributed by atoms with Gasteiger partial charge in [-0.25, -0.2) is 0 Å². The maximum atomic E-state index is 11.2. The molecule has 1 saturated carbocycles. The molecule has 5 nitrogen and oxygen atoms in total. The SMILES string of the molecule is NC(=O)c1ccc(NCC2(C(=O)O)CCC2)cc1Br. The second kappa shape index (κ2) is 5.21. The van der Waals surface area contributed by atoms with Crippen molar-refractivity contribution in [2.75, 3.05) is 11.9 Å². The Morgan fingerprint density at radius 2 is 2.11 bits per heavy atom. The summed E-state index contributed by atoms with van der Waals surface area (Å²) in [6, 6.07) is 5.07. The number of carbonyl (C=O) groups is 2. The molecular weight excluding hydrogens is 312 g/mol. The number of anilines is 1. The highest BCUT2D eigenvalue weighted by atomic mass is 79.9. The fraction of sp³-hybridized carbons (Fsp3) is 0.385. The number of aliphatic carboxylic acids is 1. The van der Waals surface area contributed by atoms with Crippen molar-refractivity contribution in [2.24, 2.45) is 11.1 Å². The number of carbonyl (C=O) groups excluding carboxylic acids is 1. The van der Waals surface area contributed by atoms with Crippen molar-refractivity contribution >= 4 is 33.5 Å². The van der Waals surface area contributed by atoms with Crippen LogP contribution in [0.5, 0.6) is 0 Å². The summed E-state index contributed by atoms with van der Waals surface area (Å²) < 4.78 is 0.600. The zero-order valence-corrected chi connectivity index (χ0v) is 11.9. The van der Waals surface area contributed by atoms with E-state index in [2.05, 4.69) is 21.2 Å². The maximum Gasteiger partial charge on any atom is 0.311 e. The van der Waals surface area contributed by atoms with Crippen molar-refractivity contribution in [3.8, 4) is 0 Å². The molecule has 19 heavy (non-hydrogen) atoms. The van der Waals surface area contributed by atoms with Crippen LogP contribution in [0.25, 0.3) is 0 Å². The summed E-state index contributed by atoms with van der Waals surface area (Å²) in [4.78, 5) is 22.3. The quantitative estimate of drug-likeness (QED) is 0.773. The van der Waals surface area contributed by atoms with Gasteiger partial charge in [-0.05, 0) is 47.0 Å². The van der Waals surface area contributed by atoms with E-state index in [-0.39, 0.29) is 0 Å². The van der Waals surface area contributed by atoms with Crippen LogP contribution in [0.4, 0.5) is 5.69 Å². The molecule has 1 amide bonds. The van der Waals surface area contributed by atoms with E-state index in [1.165, 1.54) is 0 Å². The van der Waals surface area contributed by atoms with Gasteiger partial charge in [0.05, 0.1) is 11.0 Å². The predicted molar refractivity (Wildman–Crippen MR) is 75.1 cm³/mol. The van der Waals surface area contributed by atoms with Crippen LogP contribution in [0.2, 0.25) is 0 Å². The lowest BCUT2D eigenvalue weighted by Gasteiger charge is -2.37. The van der Waals surface area contributed by atoms with E-state index in [4.69, 9.17) is 5.73 Å². The summed E-state index contributed by atoms with van der Waals surface area (Å²) in [6.45, 7) is 0.394. The Morgan fingerprint density at radius 1 is 1.42 bits per heavy atom. The minimum absolute atomic E-state index is 0.394. The van der Waals surface area contributed by atoms with Gasteiger partial charge in [0.15, 0.2) is 0 Å². The number of nitrogens with two attached hydrogens (primary N) is 1. The molecule has 1 aliphatic carbocycles. The Balaban J connectivity index is 2.06. The molecule has 1 aliphatic rings. The van der Waals surface area contributed by atoms with Crippen LogP contribution in [0.15, 0.2) is 22.7 Å². The highest BCUT2D eigenvalue weighted by molar-refractivity contribution is 9.10. The van der Waals surface area contributed by atoms with Crippen LogP contribution in [-0.2, 0) is 4.79 Å². The molecule has 2 rings (SSSR count). The number of hydrogen-bond donors (Lipinski definition) is 3. The minimum atomic E-state index is -0.751. The van der Waals surface area contributed by atoms with Crippen LogP contribution < -0.4 is 11.1 Å². The van der Waals surface area contributed by atoms with Crippen molar-refractivity contribution in [1.29, 1.82) is 0 Å². The van der Waals surface area contributed by atoms with Crippen LogP contribution in [-0.4, -0.2) is 23.5 Å². The molecule has 0 atom stereocenters. The van der Waals surface area contributed by atoms with Gasteiger partial charge in [-0.2, -0.15) is 0 Å². The Labute approximate surface area is 119 Å². The molecule has 6 heteroatoms. The van der Waals surface area contributed by atoms with E-state index in [9.17, 15) is 14.7 Å². The van der Waals surface area contributed by atoms with Crippen molar-refractivity contribution in [2.45, 2.75) is 19.3 Å². The first-order valence-electron chi connectivity index (χ1n) is 6.01. The fourth-order valence-electron chi connectivity index (χ4n) is 2.17. The van der Waals surface area contributed by atoms with Gasteiger partial charge in [0.25, 0.3) is 0 Å². The summed E-state index contributed by atoms with van der Waals surface area (Å²) in [5.74, 6) is -1.25. The maximum absolute atomic E-state index is 11.2. The van der Waals surface area contributed by atoms with Crippen LogP contribution in [0.3, 0.4) is 0 Å². The molecule has 0 aromatic heterocycles. The number of rotatable bonds is 5. The molecule has 0 aliphatic heterocycles. The normalized spacial score (nSPS) is 16.5. The van der Waals surface area contributed by atoms with E-state index >= 15 is 0 Å². The van der Waals surface area contributed by atoms with Crippen LogP contribution in [0.1, 0.15) is 29.6 Å². The fourth-order valence-corrected chi connectivity index (χ4v) is 2.74. The van der Waals surface area contributed by atoms with E-state index < -0.39 is 17.3 Å². The van der Waals surface area contributed by atoms with Gasteiger partial charge < -0.3 is 16.2 Å². The number of benzene rings is 1. The minimum Gasteiger partial charge on any atom is -0.481 e. The standard InChI is InChI=1S/C13H15BrN2O3/c14-10-6-8(2-3-9(10)11(15)17)16-7-13(12(18)19)4-1-5-13/h2-3,6,16H,1,4-5,7H2,(H2,15,17)(H,18,19). The number of halogens is 1. The molecule has 102 valence electrons. The summed E-state index contributed by atoms with van der Waals surface area (Å²) in [7, 11) is 0. The number of primary amides is 1. The van der Waals surface area contributed by atoms with Crippen molar-refractivity contribution in [3.05, 3.63) is 28.2 Å². The first-order chi connectivity index (χ1) is 8.94. The van der Waals surface area contributed by atoms with Gasteiger partial charge in [-0.15, -0.1) is 0 Å². The van der Waals surface area contributed by atoms with Crippen LogP contribution >= 0.6 is 15.9 Å². The lowest BCUT2D eigenvalue weighted by atomic mass is 9.69. The number of hydrogen-bond acceptors (Lipinski definition) is 3. The molecule has 0 radical (unpaired) electrons. The average molecular weight is 327 g/mol. The Bertz CT molecular complexity index is 527. The lowest BCUT2D eigenvalue weighted by molar-refractivity contribution is -0.153. The molecule has 0 saturated heterocycles. The monoisotopic (exact) mass is 326 g/mol. The smallest absolute Gasteiger partial charge is 0.311 e. The largest absolute Gasteiger partial charge is 0.481 e. The highest BCUT2D eigenvalue weighted by Crippen LogP contribution is 2.41. The summed E-state index contributed by atoms with van der Waals surface area (Å²) in [6.07, 6.45) is 2.37. The van der Waals surface area contributed by atoms with Gasteiger partial charge in [0.2, 0.25) is 5.91 Å². The van der Waals surface area contributed by atoms with Gasteiger partial charge >= 0.3 is 5.97 Å². The summed E-state index contributed by atoms with van der Waals surface area (Å²) in [5, 5.41) is 12.3. The van der Waals surface area contributed by atoms with E-state index in [1.54, 1.807) is 18.2 Å². The highest BCUT2D eigenvalue weighted by Gasteiger charge is 2.44. The second-order valence-corrected chi connectivity index (χ2v) is 5.71. The molecule has 0 heterocycles. The zero-order valence-electron chi connectivity index (χ0n) is 10.3. The third-order valence-corrected chi connectivity index (χ3v) is 4.29. The molecule has 1 aromatic rings. The molecule has 0 bridgehead atoms. The van der Waals surface area contributed by atoms with Crippen molar-refractivity contribution < 1.29 is 14.7 Å². The first kappa shape index (κ1) is 13.9. The second-order valence-electron chi connectivity index (χ2n) is 4.85. The number of carboxylic acids is 1. The predicted octanol–water partition coefficient (Wildman–Crippen LogP) is 2.21. The Morgan fingerprint density at radius 3 is 2.53 bits per heavy atom. The Hall–Kier alpha value is -1.56. The van der Waals surface area contributed by atoms with Crippen molar-refractivity contribution in [3.63, 3.8) is 0 Å². The zero-order chi connectivity index (χ0) is 14.0. The third kappa shape index (κ3) is 2.73. The summed E-state index contributed by atoms with van der Waals surface area (Å²) in [5.41, 5.74) is 5.74. The molecular formula is C13H15BrN2O3. The average Bonchev–Trinajstić information content (AvgIpc) is 2.26. The molecule has 1 aromatic carbocycles. The van der Waals surface area contributed by atoms with Gasteiger partial charge in [0.1, 0.15) is 0 Å². The molecule has 0 spiro atoms. The molecule has 1 fully saturated rings. The summed E-state index contributed by atoms with van der Waals surface area (Å²) >= 11 is 3.27. The van der Waals surface area contributed by atoms with Gasteiger partial charge in [-0.1, -0.05) is 6.42 Å². The van der Waals surface area contributed by atoms with E-state index in [0.717, 1.165) is 12.1 Å². The van der Waals surface area contributed by atoms with E-state index in [1.807, 2.05) is 0 Å². The van der Waals surface area contributed by atoms with Crippen molar-refractivity contribution in [1.82, 2.24) is 0 Å². The van der Waals surface area contributed by atoms with Gasteiger partial charge in [0, 0.05) is 16.7 Å². The van der Waals surface area contributed by atoms with Gasteiger partial charge in [-0.3, -0.25) is 9.59 Å². The topological polar surface area (TPSA) is 92.4 Å².